The second-order valence-electron chi connectivity index (χ2n) is 8.60. The Morgan fingerprint density at radius 3 is 1.18 bits per heavy atom. The molecule has 0 aliphatic heterocycles. The molecule has 0 N–H and O–H groups in total. The van der Waals surface area contributed by atoms with Crippen LogP contribution in [0.1, 0.15) is 0 Å². The maximum absolute atomic E-state index is 5.11. The number of hydrogen-bond acceptors (Lipinski definition) is 3. The molecule has 0 bridgehead atoms. The molecule has 7 rings (SSSR count). The van der Waals surface area contributed by atoms with Crippen molar-refractivity contribution in [1.82, 2.24) is 24.1 Å². The van der Waals surface area contributed by atoms with Crippen LogP contribution in [0.4, 0.5) is 0 Å². The number of imidazole rings is 2. The van der Waals surface area contributed by atoms with Gasteiger partial charge in [0, 0.05) is 11.4 Å². The average Bonchev–Trinajstić information content (AvgIpc) is 3.53. The molecule has 9 heteroatoms. The molecule has 4 aromatic carbocycles. The molecular weight excluding hydrogens is 608 g/mol. The molecule has 0 amide bonds. The van der Waals surface area contributed by atoms with E-state index in [-0.39, 0.29) is 54.0 Å². The normalized spacial score (nSPS) is 10.2. The summed E-state index contributed by atoms with van der Waals surface area (Å²) in [5, 5.41) is 0. The summed E-state index contributed by atoms with van der Waals surface area (Å²) in [6.45, 7) is 0. The van der Waals surface area contributed by atoms with Crippen LogP contribution in [0.2, 0.25) is 0 Å². The average molecular weight is 629 g/mol. The third kappa shape index (κ3) is 5.37. The van der Waals surface area contributed by atoms with Gasteiger partial charge in [-0.3, -0.25) is 9.13 Å². The van der Waals surface area contributed by atoms with Gasteiger partial charge in [0.2, 0.25) is 0 Å². The van der Waals surface area contributed by atoms with Crippen molar-refractivity contribution in [2.45, 2.75) is 0 Å². The van der Waals surface area contributed by atoms with E-state index in [4.69, 9.17) is 15.0 Å². The Kier molecular flexibility index (Phi) is 10.1. The van der Waals surface area contributed by atoms with E-state index in [1.165, 1.54) is 0 Å². The van der Waals surface area contributed by atoms with Gasteiger partial charge in [-0.25, -0.2) is 15.0 Å². The number of hydrogen-bond donors (Lipinski definition) is 0. The number of aromatic nitrogens is 5. The van der Waals surface area contributed by atoms with Gasteiger partial charge in [0.15, 0.2) is 11.6 Å². The van der Waals surface area contributed by atoms with E-state index < -0.39 is 0 Å². The topological polar surface area (TPSA) is 48.5 Å². The van der Waals surface area contributed by atoms with Crippen LogP contribution in [-0.4, -0.2) is 24.1 Å². The van der Waals surface area contributed by atoms with Crippen molar-refractivity contribution < 1.29 is 54.0 Å². The Labute approximate surface area is 260 Å². The summed E-state index contributed by atoms with van der Waals surface area (Å²) in [6.07, 6.45) is 0. The van der Waals surface area contributed by atoms with E-state index in [2.05, 4.69) is 45.5 Å². The predicted octanol–water partition coefficient (Wildman–Crippen LogP) is -1.90. The first-order valence-corrected chi connectivity index (χ1v) is 11.9. The number of benzene rings is 4. The first-order valence-electron chi connectivity index (χ1n) is 11.9. The minimum atomic E-state index is 0. The third-order valence-electron chi connectivity index (χ3n) is 6.36. The zero-order valence-corrected chi connectivity index (χ0v) is 24.1. The number of fused-ring (bicyclic) bond motifs is 2. The van der Waals surface area contributed by atoms with Crippen LogP contribution in [-0.2, 0) is 16.8 Å². The van der Waals surface area contributed by atoms with Crippen molar-refractivity contribution in [3.8, 4) is 34.4 Å². The number of para-hydroxylation sites is 6. The molecular formula is C31H21Cl3CoN5. The smallest absolute Gasteiger partial charge is 1.00 e. The van der Waals surface area contributed by atoms with Crippen molar-refractivity contribution in [1.29, 1.82) is 0 Å². The molecule has 0 aliphatic rings. The maximum atomic E-state index is 5.11. The van der Waals surface area contributed by atoms with Gasteiger partial charge in [-0.15, -0.1) is 0 Å². The Morgan fingerprint density at radius 1 is 0.375 bits per heavy atom. The second kappa shape index (κ2) is 13.1. The molecule has 0 atom stereocenters. The summed E-state index contributed by atoms with van der Waals surface area (Å²) in [5.74, 6) is 1.60. The van der Waals surface area contributed by atoms with Crippen LogP contribution >= 0.6 is 0 Å². The summed E-state index contributed by atoms with van der Waals surface area (Å²) in [4.78, 5) is 15.1. The minimum Gasteiger partial charge on any atom is -1.00 e. The zero-order chi connectivity index (χ0) is 23.9. The van der Waals surface area contributed by atoms with Crippen LogP contribution in [0.5, 0.6) is 0 Å². The molecule has 0 radical (unpaired) electrons. The largest absolute Gasteiger partial charge is 3.00 e. The minimum absolute atomic E-state index is 0. The van der Waals surface area contributed by atoms with Crippen LogP contribution in [0.15, 0.2) is 127 Å². The van der Waals surface area contributed by atoms with Gasteiger partial charge in [0.25, 0.3) is 0 Å². The molecule has 40 heavy (non-hydrogen) atoms. The molecule has 5 nitrogen and oxygen atoms in total. The van der Waals surface area contributed by atoms with Gasteiger partial charge in [0.05, 0.1) is 22.1 Å². The van der Waals surface area contributed by atoms with Gasteiger partial charge in [0.1, 0.15) is 11.4 Å². The molecule has 0 fully saturated rings. The van der Waals surface area contributed by atoms with E-state index >= 15 is 0 Å². The number of pyridine rings is 1. The van der Waals surface area contributed by atoms with Crippen molar-refractivity contribution in [3.63, 3.8) is 0 Å². The first kappa shape index (κ1) is 30.9. The van der Waals surface area contributed by atoms with Gasteiger partial charge in [-0.1, -0.05) is 66.7 Å². The molecule has 0 unspecified atom stereocenters. The standard InChI is InChI=1S/C31H21N5.3ClH.Co/c1-3-12-22(13-4-1)35-28-20-9-7-16-24(28)33-30(35)26-18-11-19-27(32-26)31-34-25-17-8-10-21-29(25)36(31)23-14-5-2-6-15-23;;;;/h1-21H;3*1H;/q;;;;+3/p-3. The molecule has 0 saturated heterocycles. The predicted molar refractivity (Wildman–Crippen MR) is 144 cm³/mol. The maximum Gasteiger partial charge on any atom is 3.00 e. The molecule has 0 saturated carbocycles. The van der Waals surface area contributed by atoms with Gasteiger partial charge >= 0.3 is 16.8 Å². The molecule has 0 spiro atoms. The molecule has 3 heterocycles. The van der Waals surface area contributed by atoms with Crippen LogP contribution in [0, 0.1) is 0 Å². The van der Waals surface area contributed by atoms with Gasteiger partial charge in [-0.05, 0) is 60.7 Å². The number of halogens is 3. The molecule has 3 aromatic heterocycles. The fourth-order valence-corrected chi connectivity index (χ4v) is 4.76. The van der Waals surface area contributed by atoms with Gasteiger partial charge < -0.3 is 37.2 Å². The third-order valence-corrected chi connectivity index (χ3v) is 6.36. The van der Waals surface area contributed by atoms with E-state index in [9.17, 15) is 0 Å². The summed E-state index contributed by atoms with van der Waals surface area (Å²) < 4.78 is 4.34. The number of rotatable bonds is 4. The van der Waals surface area contributed by atoms with Crippen molar-refractivity contribution >= 4 is 22.1 Å². The quantitative estimate of drug-likeness (QED) is 0.229. The van der Waals surface area contributed by atoms with E-state index in [1.54, 1.807) is 0 Å². The second-order valence-corrected chi connectivity index (χ2v) is 8.60. The van der Waals surface area contributed by atoms with E-state index in [0.717, 1.165) is 56.5 Å². The van der Waals surface area contributed by atoms with Gasteiger partial charge in [-0.2, -0.15) is 0 Å². The summed E-state index contributed by atoms with van der Waals surface area (Å²) in [5.41, 5.74) is 7.62. The summed E-state index contributed by atoms with van der Waals surface area (Å²) in [6, 6.07) is 43.0. The van der Waals surface area contributed by atoms with E-state index in [0.29, 0.717) is 0 Å². The summed E-state index contributed by atoms with van der Waals surface area (Å²) >= 11 is 0. The molecule has 0 aliphatic carbocycles. The first-order chi connectivity index (χ1) is 17.9. The Morgan fingerprint density at radius 2 is 0.750 bits per heavy atom. The Bertz CT molecular complexity index is 1720. The monoisotopic (exact) mass is 627 g/mol. The van der Waals surface area contributed by atoms with Crippen LogP contribution < -0.4 is 37.2 Å². The number of nitrogens with zero attached hydrogens (tertiary/aromatic N) is 5. The fourth-order valence-electron chi connectivity index (χ4n) is 4.76. The van der Waals surface area contributed by atoms with Crippen LogP contribution in [0.25, 0.3) is 56.5 Å². The fraction of sp³-hybridized carbons (Fsp3) is 0. The Balaban J connectivity index is 0.00000110. The Hall–Kier alpha value is -3.65. The molecule has 200 valence electrons. The van der Waals surface area contributed by atoms with Crippen LogP contribution in [0.3, 0.4) is 0 Å². The van der Waals surface area contributed by atoms with Crippen molar-refractivity contribution in [2.24, 2.45) is 0 Å². The van der Waals surface area contributed by atoms with E-state index in [1.807, 2.05) is 91.0 Å². The zero-order valence-electron chi connectivity index (χ0n) is 20.8. The molecule has 7 aromatic rings. The van der Waals surface area contributed by atoms with Crippen molar-refractivity contribution in [2.75, 3.05) is 0 Å². The summed E-state index contributed by atoms with van der Waals surface area (Å²) in [7, 11) is 0. The SMILES string of the molecule is [Cl-].[Cl-].[Cl-].[Co+3].c1ccc(-n2c(-c3cccc(-c4nc5ccccc5n4-c4ccccc4)n3)nc3ccccc32)cc1. The van der Waals surface area contributed by atoms with Crippen molar-refractivity contribution in [3.05, 3.63) is 127 Å².